The van der Waals surface area contributed by atoms with Gasteiger partial charge < -0.3 is 0 Å². The maximum atomic E-state index is 4.60. The van der Waals surface area contributed by atoms with Crippen LogP contribution >= 0.6 is 11.8 Å². The lowest BCUT2D eigenvalue weighted by Crippen LogP contribution is -1.76. The van der Waals surface area contributed by atoms with Crippen molar-refractivity contribution in [2.24, 2.45) is 0 Å². The molecule has 2 aromatic rings. The van der Waals surface area contributed by atoms with E-state index in [4.69, 9.17) is 0 Å². The number of nitrogens with zero attached hydrogens (tertiary/aromatic N) is 2. The van der Waals surface area contributed by atoms with Gasteiger partial charge in [0.15, 0.2) is 5.03 Å². The van der Waals surface area contributed by atoms with Crippen LogP contribution in [0.3, 0.4) is 0 Å². The summed E-state index contributed by atoms with van der Waals surface area (Å²) in [4.78, 5) is 1.14. The van der Waals surface area contributed by atoms with Crippen molar-refractivity contribution in [3.05, 3.63) is 36.0 Å². The summed E-state index contributed by atoms with van der Waals surface area (Å²) in [5.41, 5.74) is 0.828. The van der Waals surface area contributed by atoms with E-state index >= 15 is 0 Å². The molecule has 3 nitrogen and oxygen atoms in total. The summed E-state index contributed by atoms with van der Waals surface area (Å²) < 4.78 is 4.60. The SMILES string of the molecule is Cc1nonc1Sc1ccccc1. The fourth-order valence-electron chi connectivity index (χ4n) is 0.916. The summed E-state index contributed by atoms with van der Waals surface area (Å²) in [6.07, 6.45) is 0. The third kappa shape index (κ3) is 1.89. The lowest BCUT2D eigenvalue weighted by atomic mass is 10.4. The molecular formula is C9H8N2OS. The quantitative estimate of drug-likeness (QED) is 0.733. The van der Waals surface area contributed by atoms with Crippen LogP contribution in [0.25, 0.3) is 0 Å². The highest BCUT2D eigenvalue weighted by atomic mass is 32.2. The molecule has 0 spiro atoms. The van der Waals surface area contributed by atoms with E-state index in [2.05, 4.69) is 14.9 Å². The fourth-order valence-corrected chi connectivity index (χ4v) is 1.69. The normalized spacial score (nSPS) is 10.2. The molecule has 1 aromatic carbocycles. The van der Waals surface area contributed by atoms with Crippen molar-refractivity contribution >= 4 is 11.8 Å². The number of rotatable bonds is 2. The van der Waals surface area contributed by atoms with Crippen molar-refractivity contribution in [2.75, 3.05) is 0 Å². The Balaban J connectivity index is 2.20. The maximum absolute atomic E-state index is 4.60. The predicted octanol–water partition coefficient (Wildman–Crippen LogP) is 2.53. The van der Waals surface area contributed by atoms with E-state index in [-0.39, 0.29) is 0 Å². The van der Waals surface area contributed by atoms with E-state index < -0.39 is 0 Å². The van der Waals surface area contributed by atoms with Gasteiger partial charge in [-0.1, -0.05) is 35.1 Å². The molecule has 0 aliphatic heterocycles. The highest BCUT2D eigenvalue weighted by Gasteiger charge is 2.05. The number of aromatic nitrogens is 2. The van der Waals surface area contributed by atoms with Crippen molar-refractivity contribution in [1.29, 1.82) is 0 Å². The standard InChI is InChI=1S/C9H8N2OS/c1-7-9(11-12-10-7)13-8-5-3-2-4-6-8/h2-6H,1H3. The zero-order valence-electron chi connectivity index (χ0n) is 7.10. The van der Waals surface area contributed by atoms with Gasteiger partial charge in [0.2, 0.25) is 0 Å². The van der Waals surface area contributed by atoms with Gasteiger partial charge in [0.05, 0.1) is 0 Å². The van der Waals surface area contributed by atoms with Crippen LogP contribution in [-0.4, -0.2) is 10.3 Å². The Morgan fingerprint density at radius 2 is 1.92 bits per heavy atom. The van der Waals surface area contributed by atoms with Gasteiger partial charge in [-0.2, -0.15) is 0 Å². The monoisotopic (exact) mass is 192 g/mol. The van der Waals surface area contributed by atoms with Crippen LogP contribution in [0.2, 0.25) is 0 Å². The molecule has 0 atom stereocenters. The lowest BCUT2D eigenvalue weighted by Gasteiger charge is -1.95. The van der Waals surface area contributed by atoms with Crippen molar-refractivity contribution in [2.45, 2.75) is 16.8 Å². The summed E-state index contributed by atoms with van der Waals surface area (Å²) in [5.74, 6) is 0. The average molecular weight is 192 g/mol. The molecule has 1 aromatic heterocycles. The molecular weight excluding hydrogens is 184 g/mol. The molecule has 0 saturated heterocycles. The van der Waals surface area contributed by atoms with Crippen LogP contribution in [0.15, 0.2) is 44.9 Å². The molecule has 0 amide bonds. The Morgan fingerprint density at radius 3 is 2.54 bits per heavy atom. The van der Waals surface area contributed by atoms with Crippen LogP contribution in [0, 0.1) is 6.92 Å². The van der Waals surface area contributed by atoms with Crippen molar-refractivity contribution < 1.29 is 4.63 Å². The summed E-state index contributed by atoms with van der Waals surface area (Å²) in [5, 5.41) is 8.32. The molecule has 0 saturated carbocycles. The van der Waals surface area contributed by atoms with Crippen molar-refractivity contribution in [3.63, 3.8) is 0 Å². The summed E-state index contributed by atoms with van der Waals surface area (Å²) in [6, 6.07) is 10.0. The van der Waals surface area contributed by atoms with Gasteiger partial charge >= 0.3 is 0 Å². The van der Waals surface area contributed by atoms with Gasteiger partial charge in [0.1, 0.15) is 5.69 Å². The largest absolute Gasteiger partial charge is 0.243 e. The van der Waals surface area contributed by atoms with E-state index in [0.717, 1.165) is 15.6 Å². The minimum absolute atomic E-state index is 0.825. The van der Waals surface area contributed by atoms with E-state index in [0.29, 0.717) is 0 Å². The van der Waals surface area contributed by atoms with Crippen molar-refractivity contribution in [1.82, 2.24) is 10.3 Å². The van der Waals surface area contributed by atoms with Gasteiger partial charge in [-0.3, -0.25) is 0 Å². The van der Waals surface area contributed by atoms with E-state index in [1.54, 1.807) is 11.8 Å². The Kier molecular flexibility index (Phi) is 2.31. The Bertz CT molecular complexity index is 386. The second kappa shape index (κ2) is 3.62. The molecule has 1 heterocycles. The minimum atomic E-state index is 0.825. The number of hydrogen-bond donors (Lipinski definition) is 0. The predicted molar refractivity (Wildman–Crippen MR) is 49.6 cm³/mol. The van der Waals surface area contributed by atoms with Crippen LogP contribution in [0.1, 0.15) is 5.69 Å². The molecule has 0 radical (unpaired) electrons. The van der Waals surface area contributed by atoms with Gasteiger partial charge in [-0.05, 0) is 24.2 Å². The zero-order chi connectivity index (χ0) is 9.10. The summed E-state index contributed by atoms with van der Waals surface area (Å²) in [7, 11) is 0. The average Bonchev–Trinajstić information content (AvgIpc) is 2.54. The Morgan fingerprint density at radius 1 is 1.15 bits per heavy atom. The Hall–Kier alpha value is -1.29. The maximum Gasteiger partial charge on any atom is 0.168 e. The molecule has 4 heteroatoms. The van der Waals surface area contributed by atoms with E-state index in [1.807, 2.05) is 37.3 Å². The molecule has 66 valence electrons. The molecule has 0 fully saturated rings. The molecule has 0 bridgehead atoms. The van der Waals surface area contributed by atoms with E-state index in [1.165, 1.54) is 0 Å². The smallest absolute Gasteiger partial charge is 0.168 e. The first-order chi connectivity index (χ1) is 6.36. The molecule has 0 aliphatic carbocycles. The van der Waals surface area contributed by atoms with Crippen LogP contribution < -0.4 is 0 Å². The minimum Gasteiger partial charge on any atom is -0.243 e. The second-order valence-electron chi connectivity index (χ2n) is 2.57. The van der Waals surface area contributed by atoms with Crippen LogP contribution in [0.4, 0.5) is 0 Å². The third-order valence-corrected chi connectivity index (χ3v) is 2.64. The molecule has 2 rings (SSSR count). The lowest BCUT2D eigenvalue weighted by molar-refractivity contribution is 0.297. The summed E-state index contributed by atoms with van der Waals surface area (Å²) >= 11 is 1.55. The fraction of sp³-hybridized carbons (Fsp3) is 0.111. The molecule has 0 unspecified atom stereocenters. The van der Waals surface area contributed by atoms with Gasteiger partial charge in [0.25, 0.3) is 0 Å². The Labute approximate surface area is 80.1 Å². The first-order valence-electron chi connectivity index (χ1n) is 3.88. The first-order valence-corrected chi connectivity index (χ1v) is 4.70. The van der Waals surface area contributed by atoms with Crippen LogP contribution in [-0.2, 0) is 0 Å². The first kappa shape index (κ1) is 8.31. The van der Waals surface area contributed by atoms with Gasteiger partial charge in [-0.25, -0.2) is 4.63 Å². The zero-order valence-corrected chi connectivity index (χ0v) is 7.91. The topological polar surface area (TPSA) is 38.9 Å². The van der Waals surface area contributed by atoms with Gasteiger partial charge in [0, 0.05) is 4.90 Å². The van der Waals surface area contributed by atoms with Crippen LogP contribution in [0.5, 0.6) is 0 Å². The van der Waals surface area contributed by atoms with Gasteiger partial charge in [-0.15, -0.1) is 0 Å². The molecule has 0 aliphatic rings. The molecule has 0 N–H and O–H groups in total. The number of benzene rings is 1. The molecule has 13 heavy (non-hydrogen) atoms. The second-order valence-corrected chi connectivity index (χ2v) is 3.63. The highest BCUT2D eigenvalue weighted by molar-refractivity contribution is 7.99. The summed E-state index contributed by atoms with van der Waals surface area (Å²) in [6.45, 7) is 1.88. The van der Waals surface area contributed by atoms with Crippen molar-refractivity contribution in [3.8, 4) is 0 Å². The van der Waals surface area contributed by atoms with E-state index in [9.17, 15) is 0 Å². The highest BCUT2D eigenvalue weighted by Crippen LogP contribution is 2.26. The number of hydrogen-bond acceptors (Lipinski definition) is 4. The number of aryl methyl sites for hydroxylation is 1. The third-order valence-electron chi connectivity index (χ3n) is 1.57.